The van der Waals surface area contributed by atoms with Crippen LogP contribution in [0.4, 0.5) is 0 Å². The Labute approximate surface area is 175 Å². The van der Waals surface area contributed by atoms with E-state index in [9.17, 15) is 9.59 Å². The van der Waals surface area contributed by atoms with Gasteiger partial charge in [0.25, 0.3) is 5.91 Å². The van der Waals surface area contributed by atoms with E-state index in [1.54, 1.807) is 25.1 Å². The first kappa shape index (κ1) is 22.1. The van der Waals surface area contributed by atoms with E-state index in [4.69, 9.17) is 27.9 Å². The van der Waals surface area contributed by atoms with Gasteiger partial charge >= 0.3 is 0 Å². The van der Waals surface area contributed by atoms with Crippen LogP contribution in [0.1, 0.15) is 25.0 Å². The Morgan fingerprint density at radius 3 is 2.57 bits per heavy atom. The van der Waals surface area contributed by atoms with Crippen LogP contribution in [0.15, 0.2) is 42.5 Å². The molecule has 0 aromatic heterocycles. The predicted octanol–water partition coefficient (Wildman–Crippen LogP) is 4.23. The molecule has 0 fully saturated rings. The zero-order chi connectivity index (χ0) is 20.7. The Morgan fingerprint density at radius 2 is 1.93 bits per heavy atom. The van der Waals surface area contributed by atoms with E-state index < -0.39 is 6.04 Å². The van der Waals surface area contributed by atoms with Crippen molar-refractivity contribution in [2.24, 2.45) is 0 Å². The summed E-state index contributed by atoms with van der Waals surface area (Å²) in [5, 5.41) is 3.56. The topological polar surface area (TPSA) is 58.6 Å². The molecule has 150 valence electrons. The molecule has 1 N–H and O–H groups in total. The number of halogens is 2. The summed E-state index contributed by atoms with van der Waals surface area (Å²) >= 11 is 12.0. The van der Waals surface area contributed by atoms with Crippen molar-refractivity contribution in [3.8, 4) is 5.75 Å². The largest absolute Gasteiger partial charge is 0.482 e. The van der Waals surface area contributed by atoms with Crippen LogP contribution in [0.2, 0.25) is 10.0 Å². The van der Waals surface area contributed by atoms with Gasteiger partial charge in [0, 0.05) is 18.1 Å². The summed E-state index contributed by atoms with van der Waals surface area (Å²) in [5.74, 6) is -0.167. The maximum absolute atomic E-state index is 12.9. The lowest BCUT2D eigenvalue weighted by molar-refractivity contribution is -0.142. The number of aryl methyl sites for hydroxylation is 1. The normalized spacial score (nSPS) is 11.6. The maximum Gasteiger partial charge on any atom is 0.261 e. The predicted molar refractivity (Wildman–Crippen MR) is 112 cm³/mol. The number of benzene rings is 2. The average Bonchev–Trinajstić information content (AvgIpc) is 2.65. The molecule has 5 nitrogen and oxygen atoms in total. The van der Waals surface area contributed by atoms with Gasteiger partial charge in [-0.05, 0) is 44.5 Å². The molecular formula is C21H24Cl2N2O3. The Morgan fingerprint density at radius 1 is 1.18 bits per heavy atom. The molecule has 0 saturated carbocycles. The van der Waals surface area contributed by atoms with Crippen molar-refractivity contribution in [3.63, 3.8) is 0 Å². The molecule has 0 heterocycles. The SMILES string of the molecule is CCNC(=O)[C@H](C)N(Cc1cccc(C)c1)C(=O)COc1ccc(Cl)cc1Cl. The van der Waals surface area contributed by atoms with Gasteiger partial charge in [0.05, 0.1) is 5.02 Å². The number of carbonyl (C=O) groups is 2. The Hall–Kier alpha value is -2.24. The van der Waals surface area contributed by atoms with Gasteiger partial charge in [-0.25, -0.2) is 0 Å². The van der Waals surface area contributed by atoms with Crippen molar-refractivity contribution in [1.29, 1.82) is 0 Å². The number of nitrogens with zero attached hydrogens (tertiary/aromatic N) is 1. The molecule has 28 heavy (non-hydrogen) atoms. The monoisotopic (exact) mass is 422 g/mol. The quantitative estimate of drug-likeness (QED) is 0.691. The molecule has 0 aliphatic carbocycles. The van der Waals surface area contributed by atoms with Crippen LogP contribution in [0, 0.1) is 6.92 Å². The number of carbonyl (C=O) groups excluding carboxylic acids is 2. The molecule has 0 saturated heterocycles. The van der Waals surface area contributed by atoms with Gasteiger partial charge in [0.15, 0.2) is 6.61 Å². The molecule has 0 unspecified atom stereocenters. The van der Waals surface area contributed by atoms with Crippen molar-refractivity contribution in [2.75, 3.05) is 13.2 Å². The molecule has 0 radical (unpaired) electrons. The van der Waals surface area contributed by atoms with Crippen molar-refractivity contribution >= 4 is 35.0 Å². The fourth-order valence-electron chi connectivity index (χ4n) is 2.73. The first-order valence-corrected chi connectivity index (χ1v) is 9.78. The molecule has 0 bridgehead atoms. The summed E-state index contributed by atoms with van der Waals surface area (Å²) in [5.41, 5.74) is 2.02. The molecule has 0 aliphatic rings. The minimum atomic E-state index is -0.641. The number of ether oxygens (including phenoxy) is 1. The van der Waals surface area contributed by atoms with Gasteiger partial charge in [0.2, 0.25) is 5.91 Å². The van der Waals surface area contributed by atoms with Crippen molar-refractivity contribution in [2.45, 2.75) is 33.4 Å². The van der Waals surface area contributed by atoms with Crippen LogP contribution in [0.3, 0.4) is 0 Å². The second kappa shape index (κ2) is 10.3. The summed E-state index contributed by atoms with van der Waals surface area (Å²) in [6, 6.07) is 12.0. The van der Waals surface area contributed by atoms with Crippen LogP contribution in [-0.2, 0) is 16.1 Å². The van der Waals surface area contributed by atoms with E-state index in [0.717, 1.165) is 11.1 Å². The highest BCUT2D eigenvalue weighted by atomic mass is 35.5. The van der Waals surface area contributed by atoms with E-state index in [2.05, 4.69) is 5.32 Å². The maximum atomic E-state index is 12.9. The van der Waals surface area contributed by atoms with Crippen molar-refractivity contribution in [3.05, 3.63) is 63.6 Å². The molecule has 0 spiro atoms. The van der Waals surface area contributed by atoms with Gasteiger partial charge in [-0.15, -0.1) is 0 Å². The second-order valence-electron chi connectivity index (χ2n) is 6.44. The van der Waals surface area contributed by atoms with Gasteiger partial charge < -0.3 is 15.0 Å². The summed E-state index contributed by atoms with van der Waals surface area (Å²) in [6.07, 6.45) is 0. The van der Waals surface area contributed by atoms with Gasteiger partial charge in [-0.2, -0.15) is 0 Å². The standard InChI is InChI=1S/C21H24Cl2N2O3/c1-4-24-21(27)15(3)25(12-16-7-5-6-14(2)10-16)20(26)13-28-19-9-8-17(22)11-18(19)23/h5-11,15H,4,12-13H2,1-3H3,(H,24,27)/t15-/m0/s1. The zero-order valence-corrected chi connectivity index (χ0v) is 17.7. The molecular weight excluding hydrogens is 399 g/mol. The third-order valence-electron chi connectivity index (χ3n) is 4.20. The Bertz CT molecular complexity index is 842. The number of amides is 2. The van der Waals surface area contributed by atoms with Crippen molar-refractivity contribution < 1.29 is 14.3 Å². The van der Waals surface area contributed by atoms with Gasteiger partial charge in [-0.3, -0.25) is 9.59 Å². The highest BCUT2D eigenvalue weighted by Crippen LogP contribution is 2.27. The minimum Gasteiger partial charge on any atom is -0.482 e. The highest BCUT2D eigenvalue weighted by Gasteiger charge is 2.26. The lowest BCUT2D eigenvalue weighted by Crippen LogP contribution is -2.49. The summed E-state index contributed by atoms with van der Waals surface area (Å²) in [7, 11) is 0. The van der Waals surface area contributed by atoms with E-state index in [1.165, 1.54) is 4.90 Å². The zero-order valence-electron chi connectivity index (χ0n) is 16.2. The van der Waals surface area contributed by atoms with Crippen molar-refractivity contribution in [1.82, 2.24) is 10.2 Å². The van der Waals surface area contributed by atoms with Crippen LogP contribution in [0.25, 0.3) is 0 Å². The molecule has 7 heteroatoms. The fourth-order valence-corrected chi connectivity index (χ4v) is 3.19. The lowest BCUT2D eigenvalue weighted by atomic mass is 10.1. The van der Waals surface area contributed by atoms with Crippen LogP contribution in [-0.4, -0.2) is 35.9 Å². The molecule has 1 atom stereocenters. The van der Waals surface area contributed by atoms with Crippen LogP contribution >= 0.6 is 23.2 Å². The second-order valence-corrected chi connectivity index (χ2v) is 7.29. The number of rotatable bonds is 8. The summed E-state index contributed by atoms with van der Waals surface area (Å²) in [4.78, 5) is 26.7. The Balaban J connectivity index is 2.16. The molecule has 2 aromatic rings. The number of nitrogens with one attached hydrogen (secondary N) is 1. The first-order valence-electron chi connectivity index (χ1n) is 9.02. The number of hydrogen-bond acceptors (Lipinski definition) is 3. The smallest absolute Gasteiger partial charge is 0.261 e. The highest BCUT2D eigenvalue weighted by molar-refractivity contribution is 6.35. The van der Waals surface area contributed by atoms with E-state index >= 15 is 0 Å². The lowest BCUT2D eigenvalue weighted by Gasteiger charge is -2.28. The molecule has 2 amide bonds. The molecule has 2 aromatic carbocycles. The van der Waals surface area contributed by atoms with E-state index in [1.807, 2.05) is 38.1 Å². The van der Waals surface area contributed by atoms with Gasteiger partial charge in [-0.1, -0.05) is 53.0 Å². The fraction of sp³-hybridized carbons (Fsp3) is 0.333. The average molecular weight is 423 g/mol. The summed E-state index contributed by atoms with van der Waals surface area (Å²) in [6.45, 7) is 6.07. The van der Waals surface area contributed by atoms with Crippen LogP contribution < -0.4 is 10.1 Å². The number of hydrogen-bond donors (Lipinski definition) is 1. The number of likely N-dealkylation sites (N-methyl/N-ethyl adjacent to an activating group) is 1. The molecule has 0 aliphatic heterocycles. The van der Waals surface area contributed by atoms with E-state index in [-0.39, 0.29) is 18.4 Å². The first-order chi connectivity index (χ1) is 13.3. The van der Waals surface area contributed by atoms with Crippen LogP contribution in [0.5, 0.6) is 5.75 Å². The van der Waals surface area contributed by atoms with Gasteiger partial charge in [0.1, 0.15) is 11.8 Å². The third-order valence-corrected chi connectivity index (χ3v) is 4.73. The Kier molecular flexibility index (Phi) is 8.15. The minimum absolute atomic E-state index is 0.215. The molecule has 2 rings (SSSR count). The third kappa shape index (κ3) is 6.14. The summed E-state index contributed by atoms with van der Waals surface area (Å²) < 4.78 is 5.57. The van der Waals surface area contributed by atoms with E-state index in [0.29, 0.717) is 28.9 Å².